The van der Waals surface area contributed by atoms with Crippen LogP contribution in [0.1, 0.15) is 20.7 Å². The minimum atomic E-state index is -5.09. The predicted molar refractivity (Wildman–Crippen MR) is 105 cm³/mol. The third-order valence-corrected chi connectivity index (χ3v) is 8.09. The molecule has 0 aliphatic heterocycles. The fourth-order valence-corrected chi connectivity index (χ4v) is 6.32. The molecule has 0 fully saturated rings. The summed E-state index contributed by atoms with van der Waals surface area (Å²) in [5.41, 5.74) is -1.33. The maximum absolute atomic E-state index is 12.5. The zero-order chi connectivity index (χ0) is 22.3. The van der Waals surface area contributed by atoms with E-state index in [1.54, 1.807) is 0 Å². The van der Waals surface area contributed by atoms with Crippen molar-refractivity contribution in [2.24, 2.45) is 0 Å². The second-order valence-electron chi connectivity index (χ2n) is 5.16. The van der Waals surface area contributed by atoms with E-state index in [9.17, 15) is 26.4 Å². The first-order chi connectivity index (χ1) is 13.2. The number of rotatable bonds is 6. The first-order valence-electron chi connectivity index (χ1n) is 6.86. The highest BCUT2D eigenvalue weighted by Gasteiger charge is 2.23. The molecule has 0 heterocycles. The number of halogens is 4. The maximum Gasteiger partial charge on any atom is 0.337 e. The molecule has 0 unspecified atom stereocenters. The lowest BCUT2D eigenvalue weighted by atomic mass is 10.2. The van der Waals surface area contributed by atoms with Crippen LogP contribution in [0.5, 0.6) is 0 Å². The largest absolute Gasteiger partial charge is 0.478 e. The molecule has 0 spiro atoms. The first-order valence-corrected chi connectivity index (χ1v) is 11.3. The number of hydrogen-bond donors (Lipinski definition) is 2. The van der Waals surface area contributed by atoms with Crippen LogP contribution in [0.4, 0.5) is 0 Å². The van der Waals surface area contributed by atoms with Crippen molar-refractivity contribution in [3.63, 3.8) is 0 Å². The number of aromatic carboxylic acids is 2. The van der Waals surface area contributed by atoms with Gasteiger partial charge in [0.25, 0.3) is 0 Å². The molecule has 9 nitrogen and oxygen atoms in total. The topological polar surface area (TPSA) is 157 Å². The van der Waals surface area contributed by atoms with Crippen molar-refractivity contribution >= 4 is 78.4 Å². The summed E-state index contributed by atoms with van der Waals surface area (Å²) in [5.74, 6) is -3.20. The Labute approximate surface area is 183 Å². The molecule has 2 aromatic rings. The fraction of sp³-hybridized carbons (Fsp3) is 0. The van der Waals surface area contributed by atoms with E-state index in [0.29, 0.717) is 12.1 Å². The van der Waals surface area contributed by atoms with Gasteiger partial charge in [0.1, 0.15) is 20.0 Å². The van der Waals surface area contributed by atoms with Crippen molar-refractivity contribution in [2.45, 2.75) is 9.79 Å². The molecule has 0 saturated heterocycles. The second kappa shape index (κ2) is 8.26. The summed E-state index contributed by atoms with van der Waals surface area (Å²) >= 11 is 22.8. The SMILES string of the molecule is O=C(O)c1cc(S(=O)(=O)[N-]S(=O)(=O)c2cc(C(=O)O)c(Cl)cc2Cl)c(Cl)cc1Cl. The molecule has 0 aromatic heterocycles. The Morgan fingerprint density at radius 2 is 0.966 bits per heavy atom. The molecule has 2 N–H and O–H groups in total. The number of carboxylic acids is 2. The van der Waals surface area contributed by atoms with Gasteiger partial charge in [-0.05, 0) is 24.3 Å². The Morgan fingerprint density at radius 1 is 0.655 bits per heavy atom. The van der Waals surface area contributed by atoms with Crippen molar-refractivity contribution in [2.75, 3.05) is 0 Å². The predicted octanol–water partition coefficient (Wildman–Crippen LogP) is 4.15. The Bertz CT molecular complexity index is 1160. The number of carbonyl (C=O) groups is 2. The van der Waals surface area contributed by atoms with Crippen LogP contribution in [0.2, 0.25) is 20.1 Å². The van der Waals surface area contributed by atoms with Gasteiger partial charge in [0, 0.05) is 0 Å². The molecule has 0 amide bonds. The summed E-state index contributed by atoms with van der Waals surface area (Å²) in [6.07, 6.45) is 0. The molecule has 15 heteroatoms. The van der Waals surface area contributed by atoms with Crippen LogP contribution >= 0.6 is 46.4 Å². The van der Waals surface area contributed by atoms with Crippen LogP contribution in [0.15, 0.2) is 34.1 Å². The van der Waals surface area contributed by atoms with Gasteiger partial charge < -0.3 is 14.3 Å². The highest BCUT2D eigenvalue weighted by molar-refractivity contribution is 8.12. The zero-order valence-corrected chi connectivity index (χ0v) is 18.1. The minimum Gasteiger partial charge on any atom is -0.478 e. The number of carboxylic acid groups (broad SMARTS) is 2. The summed E-state index contributed by atoms with van der Waals surface area (Å²) in [6, 6.07) is 2.65. The number of sulfonamides is 2. The highest BCUT2D eigenvalue weighted by atomic mass is 35.5. The minimum absolute atomic E-state index is 0.392. The molecular formula is C14H6Cl4NO8S2-. The average Bonchev–Trinajstić information content (AvgIpc) is 2.52. The normalized spacial score (nSPS) is 12.0. The Balaban J connectivity index is 2.61. The third-order valence-electron chi connectivity index (χ3n) is 3.26. The van der Waals surface area contributed by atoms with Gasteiger partial charge in [-0.25, -0.2) is 26.4 Å². The number of nitrogens with zero attached hydrogens (tertiary/aromatic N) is 1. The maximum atomic E-state index is 12.5. The summed E-state index contributed by atoms with van der Waals surface area (Å²) in [4.78, 5) is 20.4. The molecule has 0 bridgehead atoms. The first kappa shape index (κ1) is 23.7. The van der Waals surface area contributed by atoms with Crippen LogP contribution < -0.4 is 0 Å². The van der Waals surface area contributed by atoms with E-state index in [1.165, 1.54) is 0 Å². The molecule has 2 aromatic carbocycles. The van der Waals surface area contributed by atoms with Crippen LogP contribution in [0, 0.1) is 0 Å². The molecular weight excluding hydrogens is 516 g/mol. The van der Waals surface area contributed by atoms with Gasteiger partial charge in [0.15, 0.2) is 0 Å². The lowest BCUT2D eigenvalue weighted by Gasteiger charge is -2.23. The molecule has 0 saturated carbocycles. The van der Waals surface area contributed by atoms with E-state index in [0.717, 1.165) is 12.1 Å². The van der Waals surface area contributed by atoms with Crippen LogP contribution in [-0.2, 0) is 20.0 Å². The monoisotopic (exact) mass is 520 g/mol. The van der Waals surface area contributed by atoms with Crippen molar-refractivity contribution in [1.29, 1.82) is 0 Å². The molecule has 0 atom stereocenters. The summed E-state index contributed by atoms with van der Waals surface area (Å²) in [6.45, 7) is 0. The Hall–Kier alpha value is -1.60. The third kappa shape index (κ3) is 4.94. The van der Waals surface area contributed by atoms with Gasteiger partial charge in [-0.2, -0.15) is 0 Å². The van der Waals surface area contributed by atoms with Crippen molar-refractivity contribution < 1.29 is 36.6 Å². The van der Waals surface area contributed by atoms with Gasteiger partial charge in [-0.15, -0.1) is 0 Å². The lowest BCUT2D eigenvalue weighted by Crippen LogP contribution is -2.11. The van der Waals surface area contributed by atoms with E-state index in [2.05, 4.69) is 4.13 Å². The van der Waals surface area contributed by atoms with Gasteiger partial charge in [0.05, 0.1) is 41.0 Å². The highest BCUT2D eigenvalue weighted by Crippen LogP contribution is 2.36. The Morgan fingerprint density at radius 3 is 1.24 bits per heavy atom. The van der Waals surface area contributed by atoms with E-state index in [-0.39, 0.29) is 0 Å². The lowest BCUT2D eigenvalue weighted by molar-refractivity contribution is 0.0686. The number of hydrogen-bond acceptors (Lipinski definition) is 6. The van der Waals surface area contributed by atoms with E-state index >= 15 is 0 Å². The van der Waals surface area contributed by atoms with E-state index in [4.69, 9.17) is 56.6 Å². The molecule has 0 radical (unpaired) electrons. The standard InChI is InChI=1S/C14H6Cl4NO8S2/c15-7-3-9(17)11(1-5(7)13(20)21)28(24,25)19-29(26,27)12-2-6(14(22)23)8(16)4-10(12)18/h1-4H,(H,20,21)(H,22,23)/q-1. The molecule has 0 aliphatic carbocycles. The number of benzene rings is 2. The average molecular weight is 522 g/mol. The molecule has 156 valence electrons. The molecule has 2 rings (SSSR count). The van der Waals surface area contributed by atoms with Gasteiger partial charge in [-0.1, -0.05) is 46.4 Å². The van der Waals surface area contributed by atoms with Crippen LogP contribution in [0.25, 0.3) is 4.13 Å². The quantitative estimate of drug-likeness (QED) is 0.573. The smallest absolute Gasteiger partial charge is 0.337 e. The van der Waals surface area contributed by atoms with Gasteiger partial charge in [-0.3, -0.25) is 0 Å². The second-order valence-corrected chi connectivity index (χ2v) is 10.2. The molecule has 29 heavy (non-hydrogen) atoms. The van der Waals surface area contributed by atoms with Crippen LogP contribution in [-0.4, -0.2) is 39.0 Å². The molecule has 0 aliphatic rings. The zero-order valence-electron chi connectivity index (χ0n) is 13.4. The van der Waals surface area contributed by atoms with E-state index < -0.39 is 73.0 Å². The van der Waals surface area contributed by atoms with Gasteiger partial charge >= 0.3 is 11.9 Å². The summed E-state index contributed by atoms with van der Waals surface area (Å²) < 4.78 is 52.7. The van der Waals surface area contributed by atoms with Gasteiger partial charge in [0.2, 0.25) is 0 Å². The van der Waals surface area contributed by atoms with Crippen molar-refractivity contribution in [3.8, 4) is 0 Å². The Kier molecular flexibility index (Phi) is 6.75. The van der Waals surface area contributed by atoms with E-state index in [1.807, 2.05) is 0 Å². The van der Waals surface area contributed by atoms with Crippen LogP contribution in [0.3, 0.4) is 0 Å². The van der Waals surface area contributed by atoms with Crippen molar-refractivity contribution in [1.82, 2.24) is 0 Å². The fourth-order valence-electron chi connectivity index (χ4n) is 1.99. The van der Waals surface area contributed by atoms with Crippen molar-refractivity contribution in [3.05, 3.63) is 59.6 Å². The summed E-state index contributed by atoms with van der Waals surface area (Å²) in [5, 5.41) is 16.1. The summed E-state index contributed by atoms with van der Waals surface area (Å²) in [7, 11) is -10.2.